The van der Waals surface area contributed by atoms with Crippen molar-refractivity contribution in [2.24, 2.45) is 0 Å². The van der Waals surface area contributed by atoms with Gasteiger partial charge in [-0.15, -0.1) is 0 Å². The van der Waals surface area contributed by atoms with Crippen molar-refractivity contribution in [3.63, 3.8) is 0 Å². The smallest absolute Gasteiger partial charge is 0.338 e. The number of allylic oxidation sites excluding steroid dienone is 2. The highest BCUT2D eigenvalue weighted by Gasteiger charge is 2.26. The Morgan fingerprint density at radius 2 is 1.73 bits per heavy atom. The molecule has 0 fully saturated rings. The molecule has 0 aromatic heterocycles. The maximum absolute atomic E-state index is 5.30. The van der Waals surface area contributed by atoms with Crippen LogP contribution >= 0.6 is 0 Å². The van der Waals surface area contributed by atoms with Crippen LogP contribution in [-0.4, -0.2) is 22.8 Å². The van der Waals surface area contributed by atoms with E-state index < -0.39 is 8.56 Å². The molecular formula is C8H18O2Si. The fraction of sp³-hybridized carbons (Fsp3) is 0.750. The van der Waals surface area contributed by atoms with Crippen LogP contribution in [0, 0.1) is 0 Å². The van der Waals surface area contributed by atoms with Crippen molar-refractivity contribution < 1.29 is 8.85 Å². The van der Waals surface area contributed by atoms with Gasteiger partial charge in [0.1, 0.15) is 0 Å². The first-order chi connectivity index (χ1) is 5.18. The molecular weight excluding hydrogens is 156 g/mol. The molecule has 0 radical (unpaired) electrons. The molecule has 11 heavy (non-hydrogen) atoms. The molecule has 0 aromatic carbocycles. The van der Waals surface area contributed by atoms with Gasteiger partial charge in [-0.1, -0.05) is 19.1 Å². The molecule has 66 valence electrons. The van der Waals surface area contributed by atoms with E-state index in [-0.39, 0.29) is 0 Å². The molecule has 0 aliphatic carbocycles. The topological polar surface area (TPSA) is 18.5 Å². The summed E-state index contributed by atoms with van der Waals surface area (Å²) in [6.07, 6.45) is 5.36. The van der Waals surface area contributed by atoms with Crippen LogP contribution in [-0.2, 0) is 8.85 Å². The molecule has 0 unspecified atom stereocenters. The van der Waals surface area contributed by atoms with E-state index in [1.54, 1.807) is 14.2 Å². The van der Waals surface area contributed by atoms with E-state index >= 15 is 0 Å². The van der Waals surface area contributed by atoms with Gasteiger partial charge in [0.25, 0.3) is 0 Å². The van der Waals surface area contributed by atoms with Crippen molar-refractivity contribution in [1.29, 1.82) is 0 Å². The highest BCUT2D eigenvalue weighted by molar-refractivity contribution is 6.66. The van der Waals surface area contributed by atoms with Gasteiger partial charge in [0.15, 0.2) is 0 Å². The zero-order chi connectivity index (χ0) is 8.74. The Morgan fingerprint density at radius 1 is 1.18 bits per heavy atom. The third-order valence-electron chi connectivity index (χ3n) is 1.75. The molecule has 0 aromatic rings. The Kier molecular flexibility index (Phi) is 5.46. The van der Waals surface area contributed by atoms with Gasteiger partial charge in [-0.25, -0.2) is 0 Å². The van der Waals surface area contributed by atoms with Crippen LogP contribution in [0.3, 0.4) is 0 Å². The van der Waals surface area contributed by atoms with Gasteiger partial charge >= 0.3 is 8.56 Å². The van der Waals surface area contributed by atoms with E-state index in [4.69, 9.17) is 8.85 Å². The number of rotatable bonds is 5. The van der Waals surface area contributed by atoms with E-state index in [1.807, 2.05) is 0 Å². The van der Waals surface area contributed by atoms with Crippen LogP contribution in [0.2, 0.25) is 12.6 Å². The zero-order valence-corrected chi connectivity index (χ0v) is 8.89. The molecule has 0 N–H and O–H groups in total. The second-order valence-electron chi connectivity index (χ2n) is 2.63. The van der Waals surface area contributed by atoms with E-state index in [2.05, 4.69) is 25.6 Å². The summed E-state index contributed by atoms with van der Waals surface area (Å²) in [4.78, 5) is 0. The van der Waals surface area contributed by atoms with Gasteiger partial charge in [0.2, 0.25) is 0 Å². The maximum Gasteiger partial charge on any atom is 0.338 e. The van der Waals surface area contributed by atoms with Gasteiger partial charge in [0, 0.05) is 20.3 Å². The van der Waals surface area contributed by atoms with Crippen molar-refractivity contribution >= 4 is 8.56 Å². The second kappa shape index (κ2) is 5.52. The minimum atomic E-state index is -1.82. The summed E-state index contributed by atoms with van der Waals surface area (Å²) < 4.78 is 10.6. The van der Waals surface area contributed by atoms with Crippen molar-refractivity contribution in [2.75, 3.05) is 14.2 Å². The summed E-state index contributed by atoms with van der Waals surface area (Å²) in [5.41, 5.74) is 0. The van der Waals surface area contributed by atoms with Gasteiger partial charge < -0.3 is 8.85 Å². The first-order valence-electron chi connectivity index (χ1n) is 3.94. The van der Waals surface area contributed by atoms with Crippen molar-refractivity contribution in [2.45, 2.75) is 25.9 Å². The fourth-order valence-electron chi connectivity index (χ4n) is 0.714. The summed E-state index contributed by atoms with van der Waals surface area (Å²) in [6.45, 7) is 4.18. The lowest BCUT2D eigenvalue weighted by Crippen LogP contribution is -2.35. The average molecular weight is 174 g/mol. The Labute approximate surface area is 70.5 Å². The molecule has 0 saturated heterocycles. The van der Waals surface area contributed by atoms with Crippen LogP contribution in [0.1, 0.15) is 13.3 Å². The van der Waals surface area contributed by atoms with Crippen LogP contribution < -0.4 is 0 Å². The Hall–Kier alpha value is -0.123. The molecule has 0 atom stereocenters. The van der Waals surface area contributed by atoms with Gasteiger partial charge in [0.05, 0.1) is 0 Å². The predicted molar refractivity (Wildman–Crippen MR) is 49.9 cm³/mol. The second-order valence-corrected chi connectivity index (χ2v) is 6.12. The molecule has 0 aliphatic heterocycles. The molecule has 0 heterocycles. The van der Waals surface area contributed by atoms with Crippen molar-refractivity contribution in [3.05, 3.63) is 12.2 Å². The third-order valence-corrected chi connectivity index (χ3v) is 4.46. The third kappa shape index (κ3) is 4.34. The standard InChI is InChI=1S/C8H18O2Si/c1-5-6-7-8-11(4,9-2)10-3/h6-7H,5,8H2,1-4H3. The Morgan fingerprint density at radius 3 is 2.09 bits per heavy atom. The highest BCUT2D eigenvalue weighted by atomic mass is 28.4. The minimum absolute atomic E-state index is 0.938. The number of hydrogen-bond acceptors (Lipinski definition) is 2. The van der Waals surface area contributed by atoms with Crippen LogP contribution in [0.4, 0.5) is 0 Å². The average Bonchev–Trinajstić information content (AvgIpc) is 2.05. The zero-order valence-electron chi connectivity index (χ0n) is 7.89. The summed E-state index contributed by atoms with van der Waals surface area (Å²) >= 11 is 0. The Bertz CT molecular complexity index is 119. The largest absolute Gasteiger partial charge is 0.398 e. The SMILES string of the molecule is CCC=CC[Si](C)(OC)OC. The molecule has 0 aliphatic rings. The van der Waals surface area contributed by atoms with Crippen molar-refractivity contribution in [3.8, 4) is 0 Å². The van der Waals surface area contributed by atoms with Crippen LogP contribution in [0.25, 0.3) is 0 Å². The molecule has 3 heteroatoms. The predicted octanol–water partition coefficient (Wildman–Crippen LogP) is 2.32. The highest BCUT2D eigenvalue weighted by Crippen LogP contribution is 2.11. The minimum Gasteiger partial charge on any atom is -0.398 e. The van der Waals surface area contributed by atoms with E-state index in [0.717, 1.165) is 12.5 Å². The van der Waals surface area contributed by atoms with E-state index in [1.165, 1.54) is 0 Å². The summed E-state index contributed by atoms with van der Waals surface area (Å²) in [5.74, 6) is 0. The van der Waals surface area contributed by atoms with Gasteiger partial charge in [-0.2, -0.15) is 0 Å². The molecule has 0 rings (SSSR count). The lowest BCUT2D eigenvalue weighted by atomic mass is 10.4. The fourth-order valence-corrected chi connectivity index (χ4v) is 1.81. The quantitative estimate of drug-likeness (QED) is 0.470. The Balaban J connectivity index is 3.77. The lowest BCUT2D eigenvalue weighted by Gasteiger charge is -2.20. The maximum atomic E-state index is 5.30. The lowest BCUT2D eigenvalue weighted by molar-refractivity contribution is 0.253. The summed E-state index contributed by atoms with van der Waals surface area (Å²) in [5, 5.41) is 0. The summed E-state index contributed by atoms with van der Waals surface area (Å²) in [6, 6.07) is 0.938. The molecule has 0 amide bonds. The summed E-state index contributed by atoms with van der Waals surface area (Å²) in [7, 11) is 1.61. The first-order valence-corrected chi connectivity index (χ1v) is 6.46. The molecule has 0 saturated carbocycles. The van der Waals surface area contributed by atoms with E-state index in [0.29, 0.717) is 0 Å². The van der Waals surface area contributed by atoms with Crippen molar-refractivity contribution in [1.82, 2.24) is 0 Å². The normalized spacial score (nSPS) is 12.7. The molecule has 2 nitrogen and oxygen atoms in total. The van der Waals surface area contributed by atoms with Crippen LogP contribution in [0.15, 0.2) is 12.2 Å². The molecule has 0 bridgehead atoms. The monoisotopic (exact) mass is 174 g/mol. The van der Waals surface area contributed by atoms with Gasteiger partial charge in [-0.3, -0.25) is 0 Å². The first kappa shape index (κ1) is 10.9. The van der Waals surface area contributed by atoms with E-state index in [9.17, 15) is 0 Å². The van der Waals surface area contributed by atoms with Gasteiger partial charge in [-0.05, 0) is 13.0 Å². The van der Waals surface area contributed by atoms with Crippen LogP contribution in [0.5, 0.6) is 0 Å². The molecule has 0 spiro atoms. The number of hydrogen-bond donors (Lipinski definition) is 0.